The Morgan fingerprint density at radius 3 is 1.60 bits per heavy atom. The predicted octanol–water partition coefficient (Wildman–Crippen LogP) is 1.84. The van der Waals surface area contributed by atoms with Gasteiger partial charge in [0.1, 0.15) is 0 Å². The summed E-state index contributed by atoms with van der Waals surface area (Å²) in [6, 6.07) is 11.6. The lowest BCUT2D eigenvalue weighted by Crippen LogP contribution is -1.83. The molecule has 4 heteroatoms. The van der Waals surface area contributed by atoms with Gasteiger partial charge in [-0.1, -0.05) is 12.1 Å². The van der Waals surface area contributed by atoms with E-state index in [0.29, 0.717) is 0 Å². The number of pyridine rings is 2. The zero-order valence-corrected chi connectivity index (χ0v) is 7.95. The molecule has 0 amide bonds. The average molecular weight is 202 g/mol. The fourth-order valence-corrected chi connectivity index (χ4v) is 1.03. The molecule has 0 saturated carbocycles. The fraction of sp³-hybridized carbons (Fsp3) is 0. The zero-order chi connectivity index (χ0) is 10.9. The van der Waals surface area contributed by atoms with Gasteiger partial charge in [0.25, 0.3) is 6.47 Å². The Morgan fingerprint density at radius 1 is 0.933 bits per heavy atom. The van der Waals surface area contributed by atoms with Gasteiger partial charge in [0, 0.05) is 12.4 Å². The largest absolute Gasteiger partial charge is 0.483 e. The average Bonchev–Trinajstić information content (AvgIpc) is 2.32. The summed E-state index contributed by atoms with van der Waals surface area (Å²) < 4.78 is 0. The molecular weight excluding hydrogens is 192 g/mol. The van der Waals surface area contributed by atoms with Crippen molar-refractivity contribution < 1.29 is 9.90 Å². The number of hydrogen-bond acceptors (Lipinski definition) is 3. The van der Waals surface area contributed by atoms with Crippen LogP contribution in [0.2, 0.25) is 0 Å². The molecule has 0 saturated heterocycles. The van der Waals surface area contributed by atoms with Gasteiger partial charge in [0.2, 0.25) is 0 Å². The number of carboxylic acid groups (broad SMARTS) is 1. The van der Waals surface area contributed by atoms with Crippen LogP contribution in [-0.4, -0.2) is 21.5 Å². The summed E-state index contributed by atoms with van der Waals surface area (Å²) in [6.45, 7) is -0.250. The first-order valence-corrected chi connectivity index (χ1v) is 4.28. The molecule has 0 radical (unpaired) electrons. The molecule has 0 aliphatic rings. The van der Waals surface area contributed by atoms with Crippen LogP contribution in [0.3, 0.4) is 0 Å². The zero-order valence-electron chi connectivity index (χ0n) is 7.95. The molecule has 76 valence electrons. The topological polar surface area (TPSA) is 63.1 Å². The second kappa shape index (κ2) is 6.26. The van der Waals surface area contributed by atoms with Crippen LogP contribution in [0.1, 0.15) is 0 Å². The first kappa shape index (κ1) is 10.8. The van der Waals surface area contributed by atoms with E-state index in [-0.39, 0.29) is 6.47 Å². The quantitative estimate of drug-likeness (QED) is 0.717. The molecule has 0 bridgehead atoms. The SMILES string of the molecule is O=CO.c1ccc(-c2ccccn2)nc1. The van der Waals surface area contributed by atoms with Crippen LogP contribution >= 0.6 is 0 Å². The van der Waals surface area contributed by atoms with Crippen LogP contribution in [0.4, 0.5) is 0 Å². The molecule has 2 aromatic heterocycles. The van der Waals surface area contributed by atoms with Gasteiger partial charge in [-0.3, -0.25) is 14.8 Å². The van der Waals surface area contributed by atoms with Gasteiger partial charge in [-0.05, 0) is 24.3 Å². The van der Waals surface area contributed by atoms with Crippen molar-refractivity contribution in [3.63, 3.8) is 0 Å². The molecule has 0 aliphatic heterocycles. The van der Waals surface area contributed by atoms with Gasteiger partial charge >= 0.3 is 0 Å². The lowest BCUT2D eigenvalue weighted by atomic mass is 10.2. The summed E-state index contributed by atoms with van der Waals surface area (Å²) in [5, 5.41) is 6.89. The molecular formula is C11H10N2O2. The van der Waals surface area contributed by atoms with Crippen molar-refractivity contribution in [1.82, 2.24) is 9.97 Å². The predicted molar refractivity (Wildman–Crippen MR) is 56.2 cm³/mol. The fourth-order valence-electron chi connectivity index (χ4n) is 1.03. The van der Waals surface area contributed by atoms with E-state index < -0.39 is 0 Å². The highest BCUT2D eigenvalue weighted by Crippen LogP contribution is 2.10. The van der Waals surface area contributed by atoms with E-state index in [4.69, 9.17) is 9.90 Å². The molecule has 0 aromatic carbocycles. The van der Waals surface area contributed by atoms with Crippen molar-refractivity contribution >= 4 is 6.47 Å². The first-order valence-electron chi connectivity index (χ1n) is 4.28. The molecule has 0 spiro atoms. The van der Waals surface area contributed by atoms with E-state index in [1.165, 1.54) is 0 Å². The minimum atomic E-state index is -0.250. The van der Waals surface area contributed by atoms with E-state index in [1.807, 2.05) is 36.4 Å². The van der Waals surface area contributed by atoms with Crippen molar-refractivity contribution in [1.29, 1.82) is 0 Å². The first-order chi connectivity index (χ1) is 7.38. The van der Waals surface area contributed by atoms with E-state index in [9.17, 15) is 0 Å². The van der Waals surface area contributed by atoms with Crippen LogP contribution in [0.5, 0.6) is 0 Å². The normalized spacial score (nSPS) is 8.53. The number of rotatable bonds is 1. The maximum atomic E-state index is 8.36. The Balaban J connectivity index is 0.000000337. The summed E-state index contributed by atoms with van der Waals surface area (Å²) in [5.74, 6) is 0. The molecule has 2 rings (SSSR count). The minimum absolute atomic E-state index is 0.250. The van der Waals surface area contributed by atoms with Crippen LogP contribution < -0.4 is 0 Å². The standard InChI is InChI=1S/C10H8N2.CH2O2/c1-3-7-11-9(5-1)10-6-2-4-8-12-10;2-1-3/h1-8H;1H,(H,2,3). The van der Waals surface area contributed by atoms with Crippen LogP contribution in [0.25, 0.3) is 11.4 Å². The van der Waals surface area contributed by atoms with Crippen molar-refractivity contribution in [2.24, 2.45) is 0 Å². The Morgan fingerprint density at radius 2 is 1.33 bits per heavy atom. The summed E-state index contributed by atoms with van der Waals surface area (Å²) in [4.78, 5) is 16.7. The Bertz CT molecular complexity index is 352. The van der Waals surface area contributed by atoms with Gasteiger partial charge in [-0.2, -0.15) is 0 Å². The van der Waals surface area contributed by atoms with Crippen molar-refractivity contribution in [2.45, 2.75) is 0 Å². The minimum Gasteiger partial charge on any atom is -0.483 e. The molecule has 0 aliphatic carbocycles. The van der Waals surface area contributed by atoms with Gasteiger partial charge in [0.05, 0.1) is 11.4 Å². The maximum Gasteiger partial charge on any atom is 0.290 e. The molecule has 0 fully saturated rings. The van der Waals surface area contributed by atoms with Gasteiger partial charge in [0.15, 0.2) is 0 Å². The summed E-state index contributed by atoms with van der Waals surface area (Å²) in [6.07, 6.45) is 3.54. The highest BCUT2D eigenvalue weighted by molar-refractivity contribution is 5.52. The second-order valence-corrected chi connectivity index (χ2v) is 2.54. The highest BCUT2D eigenvalue weighted by Gasteiger charge is 1.95. The highest BCUT2D eigenvalue weighted by atomic mass is 16.3. The maximum absolute atomic E-state index is 8.36. The number of carbonyl (C=O) groups is 1. The van der Waals surface area contributed by atoms with Gasteiger partial charge in [-0.15, -0.1) is 0 Å². The third-order valence-corrected chi connectivity index (χ3v) is 1.59. The number of aromatic nitrogens is 2. The summed E-state index contributed by atoms with van der Waals surface area (Å²) >= 11 is 0. The molecule has 1 N–H and O–H groups in total. The lowest BCUT2D eigenvalue weighted by molar-refractivity contribution is -0.122. The van der Waals surface area contributed by atoms with E-state index in [0.717, 1.165) is 11.4 Å². The Labute approximate surface area is 87.3 Å². The molecule has 2 heterocycles. The molecule has 2 aromatic rings. The second-order valence-electron chi connectivity index (χ2n) is 2.54. The summed E-state index contributed by atoms with van der Waals surface area (Å²) in [7, 11) is 0. The monoisotopic (exact) mass is 202 g/mol. The van der Waals surface area contributed by atoms with Crippen LogP contribution in [0.15, 0.2) is 48.8 Å². The number of hydrogen-bond donors (Lipinski definition) is 1. The van der Waals surface area contributed by atoms with Crippen LogP contribution in [-0.2, 0) is 4.79 Å². The van der Waals surface area contributed by atoms with Crippen molar-refractivity contribution in [3.8, 4) is 11.4 Å². The summed E-state index contributed by atoms with van der Waals surface area (Å²) in [5.41, 5.74) is 1.83. The van der Waals surface area contributed by atoms with Crippen molar-refractivity contribution in [2.75, 3.05) is 0 Å². The number of nitrogens with zero attached hydrogens (tertiary/aromatic N) is 2. The molecule has 0 atom stereocenters. The Hall–Kier alpha value is -2.23. The van der Waals surface area contributed by atoms with Crippen LogP contribution in [0, 0.1) is 0 Å². The smallest absolute Gasteiger partial charge is 0.290 e. The van der Waals surface area contributed by atoms with Gasteiger partial charge in [-0.25, -0.2) is 0 Å². The van der Waals surface area contributed by atoms with E-state index in [1.54, 1.807) is 12.4 Å². The third-order valence-electron chi connectivity index (χ3n) is 1.59. The van der Waals surface area contributed by atoms with Gasteiger partial charge < -0.3 is 5.11 Å². The molecule has 0 unspecified atom stereocenters. The molecule has 15 heavy (non-hydrogen) atoms. The third kappa shape index (κ3) is 3.56. The Kier molecular flexibility index (Phi) is 4.53. The molecule has 4 nitrogen and oxygen atoms in total. The van der Waals surface area contributed by atoms with E-state index in [2.05, 4.69) is 9.97 Å². The van der Waals surface area contributed by atoms with Crippen molar-refractivity contribution in [3.05, 3.63) is 48.8 Å². The van der Waals surface area contributed by atoms with E-state index >= 15 is 0 Å². The lowest BCUT2D eigenvalue weighted by Gasteiger charge is -1.96.